The van der Waals surface area contributed by atoms with Crippen LogP contribution in [0.3, 0.4) is 0 Å². The Morgan fingerprint density at radius 3 is 2.65 bits per heavy atom. The molecular formula is C15H31N3O2. The normalized spacial score (nSPS) is 23.3. The first-order chi connectivity index (χ1) is 9.28. The van der Waals surface area contributed by atoms with Crippen LogP contribution in [0.1, 0.15) is 33.6 Å². The molecule has 0 aromatic carbocycles. The molecule has 2 unspecified atom stereocenters. The van der Waals surface area contributed by atoms with Crippen LogP contribution in [-0.2, 0) is 9.53 Å². The van der Waals surface area contributed by atoms with Gasteiger partial charge in [-0.25, -0.2) is 0 Å². The topological polar surface area (TPSA) is 44.8 Å². The van der Waals surface area contributed by atoms with E-state index in [9.17, 15) is 4.79 Å². The highest BCUT2D eigenvalue weighted by Crippen LogP contribution is 2.17. The van der Waals surface area contributed by atoms with Gasteiger partial charge in [0.25, 0.3) is 0 Å². The summed E-state index contributed by atoms with van der Waals surface area (Å²) >= 11 is 0. The van der Waals surface area contributed by atoms with Crippen LogP contribution in [0.2, 0.25) is 0 Å². The maximum atomic E-state index is 12.1. The Kier molecular flexibility index (Phi) is 6.43. The standard InChI is InChI=1S/C15H31N3O2/c1-12(2)16-15(3,14(19)20-6)11-17(4)10-13-8-7-9-18(13)5/h12-13,16H,7-11H2,1-6H3. The summed E-state index contributed by atoms with van der Waals surface area (Å²) in [4.78, 5) is 16.7. The Bertz CT molecular complexity index is 322. The third kappa shape index (κ3) is 4.72. The van der Waals surface area contributed by atoms with Crippen molar-refractivity contribution in [1.29, 1.82) is 0 Å². The molecule has 2 atom stereocenters. The van der Waals surface area contributed by atoms with E-state index < -0.39 is 5.54 Å². The molecule has 0 spiro atoms. The summed E-state index contributed by atoms with van der Waals surface area (Å²) in [5.74, 6) is -0.196. The summed E-state index contributed by atoms with van der Waals surface area (Å²) in [6.07, 6.45) is 2.51. The van der Waals surface area contributed by atoms with Crippen LogP contribution in [-0.4, -0.2) is 74.2 Å². The highest BCUT2D eigenvalue weighted by molar-refractivity contribution is 5.80. The lowest BCUT2D eigenvalue weighted by atomic mass is 10.00. The van der Waals surface area contributed by atoms with Crippen LogP contribution < -0.4 is 5.32 Å². The van der Waals surface area contributed by atoms with Crippen LogP contribution in [0.5, 0.6) is 0 Å². The third-order valence-corrected chi connectivity index (χ3v) is 4.02. The second-order valence-electron chi connectivity index (χ2n) is 6.60. The molecule has 0 aromatic rings. The van der Waals surface area contributed by atoms with Gasteiger partial charge in [0.2, 0.25) is 0 Å². The number of esters is 1. The number of nitrogens with one attached hydrogen (secondary N) is 1. The zero-order chi connectivity index (χ0) is 15.3. The van der Waals surface area contributed by atoms with Crippen molar-refractivity contribution >= 4 is 5.97 Å². The molecule has 1 rings (SSSR count). The molecule has 1 aliphatic rings. The fraction of sp³-hybridized carbons (Fsp3) is 0.933. The molecule has 0 amide bonds. The van der Waals surface area contributed by atoms with E-state index >= 15 is 0 Å². The van der Waals surface area contributed by atoms with Gasteiger partial charge < -0.3 is 14.5 Å². The average Bonchev–Trinajstić information content (AvgIpc) is 2.72. The molecule has 5 heteroatoms. The monoisotopic (exact) mass is 285 g/mol. The molecule has 20 heavy (non-hydrogen) atoms. The minimum atomic E-state index is -0.658. The predicted molar refractivity (Wildman–Crippen MR) is 81.8 cm³/mol. The van der Waals surface area contributed by atoms with Gasteiger partial charge in [-0.3, -0.25) is 10.1 Å². The molecule has 1 heterocycles. The van der Waals surface area contributed by atoms with Crippen molar-refractivity contribution in [1.82, 2.24) is 15.1 Å². The van der Waals surface area contributed by atoms with Gasteiger partial charge in [0.1, 0.15) is 5.54 Å². The smallest absolute Gasteiger partial charge is 0.327 e. The Morgan fingerprint density at radius 2 is 2.20 bits per heavy atom. The minimum absolute atomic E-state index is 0.196. The van der Waals surface area contributed by atoms with E-state index in [1.54, 1.807) is 0 Å². The zero-order valence-electron chi connectivity index (χ0n) is 13.9. The summed E-state index contributed by atoms with van der Waals surface area (Å²) in [6, 6.07) is 0.836. The third-order valence-electron chi connectivity index (χ3n) is 4.02. The van der Waals surface area contributed by atoms with Crippen molar-refractivity contribution in [2.24, 2.45) is 0 Å². The summed E-state index contributed by atoms with van der Waals surface area (Å²) in [7, 11) is 5.71. The van der Waals surface area contributed by atoms with Crippen molar-refractivity contribution in [2.45, 2.75) is 51.2 Å². The lowest BCUT2D eigenvalue weighted by Crippen LogP contribution is -2.59. The Hall–Kier alpha value is -0.650. The SMILES string of the molecule is COC(=O)C(C)(CN(C)CC1CCCN1C)NC(C)C. The number of hydrogen-bond acceptors (Lipinski definition) is 5. The van der Waals surface area contributed by atoms with Crippen molar-refractivity contribution < 1.29 is 9.53 Å². The summed E-state index contributed by atoms with van der Waals surface area (Å²) in [5, 5.41) is 3.34. The number of nitrogens with zero attached hydrogens (tertiary/aromatic N) is 2. The van der Waals surface area contributed by atoms with E-state index in [1.807, 2.05) is 20.8 Å². The lowest BCUT2D eigenvalue weighted by Gasteiger charge is -2.35. The fourth-order valence-corrected chi connectivity index (χ4v) is 3.21. The van der Waals surface area contributed by atoms with E-state index in [0.717, 1.165) is 6.54 Å². The van der Waals surface area contributed by atoms with Gasteiger partial charge in [-0.15, -0.1) is 0 Å². The van der Waals surface area contributed by atoms with Crippen LogP contribution in [0.25, 0.3) is 0 Å². The van der Waals surface area contributed by atoms with Gasteiger partial charge in [0.05, 0.1) is 7.11 Å². The van der Waals surface area contributed by atoms with Crippen molar-refractivity contribution in [2.75, 3.05) is 40.8 Å². The maximum absolute atomic E-state index is 12.1. The van der Waals surface area contributed by atoms with E-state index in [4.69, 9.17) is 4.74 Å². The number of likely N-dealkylation sites (N-methyl/N-ethyl adjacent to an activating group) is 2. The highest BCUT2D eigenvalue weighted by atomic mass is 16.5. The van der Waals surface area contributed by atoms with Gasteiger partial charge in [0.15, 0.2) is 0 Å². The Morgan fingerprint density at radius 1 is 1.55 bits per heavy atom. The molecule has 0 saturated carbocycles. The van der Waals surface area contributed by atoms with Gasteiger partial charge in [-0.1, -0.05) is 0 Å². The molecule has 118 valence electrons. The Labute approximate surface area is 123 Å². The first-order valence-corrected chi connectivity index (χ1v) is 7.53. The summed E-state index contributed by atoms with van der Waals surface area (Å²) in [5.41, 5.74) is -0.658. The minimum Gasteiger partial charge on any atom is -0.468 e. The van der Waals surface area contributed by atoms with E-state index in [2.05, 4.69) is 29.2 Å². The predicted octanol–water partition coefficient (Wildman–Crippen LogP) is 0.942. The maximum Gasteiger partial charge on any atom is 0.327 e. The molecule has 5 nitrogen and oxygen atoms in total. The van der Waals surface area contributed by atoms with Gasteiger partial charge in [0, 0.05) is 25.2 Å². The fourth-order valence-electron chi connectivity index (χ4n) is 3.21. The van der Waals surface area contributed by atoms with E-state index in [1.165, 1.54) is 26.5 Å². The largest absolute Gasteiger partial charge is 0.468 e. The second-order valence-corrected chi connectivity index (χ2v) is 6.60. The number of methoxy groups -OCH3 is 1. The van der Waals surface area contributed by atoms with Gasteiger partial charge in [-0.2, -0.15) is 0 Å². The molecule has 1 aliphatic heterocycles. The van der Waals surface area contributed by atoms with Gasteiger partial charge >= 0.3 is 5.97 Å². The number of hydrogen-bond donors (Lipinski definition) is 1. The highest BCUT2D eigenvalue weighted by Gasteiger charge is 2.36. The number of carbonyl (C=O) groups excluding carboxylic acids is 1. The quantitative estimate of drug-likeness (QED) is 0.705. The summed E-state index contributed by atoms with van der Waals surface area (Å²) < 4.78 is 4.97. The van der Waals surface area contributed by atoms with Crippen LogP contribution >= 0.6 is 0 Å². The Balaban J connectivity index is 2.61. The van der Waals surface area contributed by atoms with Crippen LogP contribution in [0.15, 0.2) is 0 Å². The molecule has 0 bridgehead atoms. The van der Waals surface area contributed by atoms with Crippen molar-refractivity contribution in [3.05, 3.63) is 0 Å². The molecule has 0 radical (unpaired) electrons. The number of likely N-dealkylation sites (tertiary alicyclic amines) is 1. The molecule has 0 aromatic heterocycles. The van der Waals surface area contributed by atoms with Crippen LogP contribution in [0.4, 0.5) is 0 Å². The first-order valence-electron chi connectivity index (χ1n) is 7.53. The second kappa shape index (κ2) is 7.38. The molecule has 0 aliphatic carbocycles. The molecular weight excluding hydrogens is 254 g/mol. The van der Waals surface area contributed by atoms with Crippen molar-refractivity contribution in [3.63, 3.8) is 0 Å². The van der Waals surface area contributed by atoms with Crippen LogP contribution in [0, 0.1) is 0 Å². The van der Waals surface area contributed by atoms with E-state index in [-0.39, 0.29) is 12.0 Å². The number of carbonyl (C=O) groups is 1. The number of rotatable bonds is 7. The van der Waals surface area contributed by atoms with E-state index in [0.29, 0.717) is 12.6 Å². The molecule has 1 fully saturated rings. The van der Waals surface area contributed by atoms with Crippen molar-refractivity contribution in [3.8, 4) is 0 Å². The zero-order valence-corrected chi connectivity index (χ0v) is 13.9. The molecule has 1 saturated heterocycles. The average molecular weight is 285 g/mol. The van der Waals surface area contributed by atoms with Gasteiger partial charge in [-0.05, 0) is 54.3 Å². The number of ether oxygens (including phenoxy) is 1. The molecule has 1 N–H and O–H groups in total. The lowest BCUT2D eigenvalue weighted by molar-refractivity contribution is -0.149. The first kappa shape index (κ1) is 17.4. The summed E-state index contributed by atoms with van der Waals surface area (Å²) in [6.45, 7) is 8.84.